The van der Waals surface area contributed by atoms with E-state index in [-0.39, 0.29) is 41.0 Å². The van der Waals surface area contributed by atoms with Crippen molar-refractivity contribution in [3.63, 3.8) is 0 Å². The third-order valence-electron chi connectivity index (χ3n) is 4.14. The Morgan fingerprint density at radius 2 is 2.00 bits per heavy atom. The Morgan fingerprint density at radius 1 is 1.27 bits per heavy atom. The molecule has 10 nitrogen and oxygen atoms in total. The summed E-state index contributed by atoms with van der Waals surface area (Å²) in [6, 6.07) is 10.1. The number of nitro benzene ring substituents is 1. The van der Waals surface area contributed by atoms with E-state index in [1.54, 1.807) is 31.2 Å². The number of amides is 1. The van der Waals surface area contributed by atoms with Gasteiger partial charge in [0.15, 0.2) is 5.69 Å². The fraction of sp³-hybridized carbons (Fsp3) is 0.158. The summed E-state index contributed by atoms with van der Waals surface area (Å²) < 4.78 is 6.21. The van der Waals surface area contributed by atoms with Crippen LogP contribution in [0.5, 0.6) is 5.88 Å². The first kappa shape index (κ1) is 20.9. The molecule has 154 valence electrons. The number of para-hydroxylation sites is 1. The molecule has 0 aliphatic carbocycles. The van der Waals surface area contributed by atoms with Crippen LogP contribution in [-0.4, -0.2) is 33.1 Å². The van der Waals surface area contributed by atoms with Gasteiger partial charge in [0, 0.05) is 17.5 Å². The predicted molar refractivity (Wildman–Crippen MR) is 107 cm³/mol. The maximum Gasteiger partial charge on any atom is 0.326 e. The van der Waals surface area contributed by atoms with Crippen LogP contribution >= 0.6 is 11.6 Å². The average Bonchev–Trinajstić information content (AvgIpc) is 2.97. The topological polar surface area (TPSA) is 136 Å². The van der Waals surface area contributed by atoms with Crippen LogP contribution in [0.1, 0.15) is 17.3 Å². The van der Waals surface area contributed by atoms with Crippen LogP contribution in [0.25, 0.3) is 10.9 Å². The number of carbonyl (C=O) groups is 2. The molecule has 0 fully saturated rings. The quantitative estimate of drug-likeness (QED) is 0.266. The smallest absolute Gasteiger partial charge is 0.326 e. The Bertz CT molecular complexity index is 1190. The summed E-state index contributed by atoms with van der Waals surface area (Å²) in [5.74, 6) is -1.77. The number of non-ortho nitro benzene ring substituents is 1. The Kier molecular flexibility index (Phi) is 6.07. The molecule has 30 heavy (non-hydrogen) atoms. The lowest BCUT2D eigenvalue weighted by atomic mass is 10.2. The fourth-order valence-electron chi connectivity index (χ4n) is 2.81. The molecule has 1 N–H and O–H groups in total. The van der Waals surface area contributed by atoms with E-state index >= 15 is 0 Å². The van der Waals surface area contributed by atoms with Crippen molar-refractivity contribution >= 4 is 45.8 Å². The Balaban J connectivity index is 1.96. The second-order valence-corrected chi connectivity index (χ2v) is 6.41. The van der Waals surface area contributed by atoms with Crippen molar-refractivity contribution in [2.45, 2.75) is 13.5 Å². The molecular formula is C19H15ClN4O6. The lowest BCUT2D eigenvalue weighted by Crippen LogP contribution is -2.12. The summed E-state index contributed by atoms with van der Waals surface area (Å²) in [6.45, 7) is 1.60. The number of fused-ring (bicyclic) bond motifs is 1. The Labute approximate surface area is 174 Å². The molecule has 2 aromatic carbocycles. The number of rotatable bonds is 6. The first-order valence-electron chi connectivity index (χ1n) is 8.69. The van der Waals surface area contributed by atoms with E-state index in [2.05, 4.69) is 10.2 Å². The first-order chi connectivity index (χ1) is 14.3. The van der Waals surface area contributed by atoms with Gasteiger partial charge in [-0.1, -0.05) is 29.8 Å². The van der Waals surface area contributed by atoms with Gasteiger partial charge in [-0.25, -0.2) is 0 Å². The molecule has 3 rings (SSSR count). The molecule has 0 aliphatic heterocycles. The first-order valence-corrected chi connectivity index (χ1v) is 9.07. The van der Waals surface area contributed by atoms with Gasteiger partial charge in [0.1, 0.15) is 6.54 Å². The molecular weight excluding hydrogens is 416 g/mol. The van der Waals surface area contributed by atoms with Crippen LogP contribution in [-0.2, 0) is 16.1 Å². The van der Waals surface area contributed by atoms with Gasteiger partial charge in [0.05, 0.1) is 27.6 Å². The number of nitrogens with zero attached hydrogens (tertiary/aromatic N) is 4. The van der Waals surface area contributed by atoms with Gasteiger partial charge in [-0.3, -0.25) is 24.3 Å². The van der Waals surface area contributed by atoms with Crippen molar-refractivity contribution < 1.29 is 24.4 Å². The summed E-state index contributed by atoms with van der Waals surface area (Å²) >= 11 is 5.94. The highest BCUT2D eigenvalue weighted by atomic mass is 35.5. The standard InChI is InChI=1S/C19H15ClN4O6/c1-2-30-16(25)10-23-15-6-4-3-5-13(15)17(19(23)27)21-22-18(26)12-8-7-11(24(28)29)9-14(12)20/h3-9,27H,2,10H2,1H3. The lowest BCUT2D eigenvalue weighted by Gasteiger charge is -2.06. The minimum atomic E-state index is -0.850. The Hall–Kier alpha value is -3.79. The molecule has 0 saturated heterocycles. The zero-order valence-electron chi connectivity index (χ0n) is 15.6. The van der Waals surface area contributed by atoms with Gasteiger partial charge in [0.2, 0.25) is 5.88 Å². The van der Waals surface area contributed by atoms with E-state index in [1.165, 1.54) is 10.6 Å². The monoisotopic (exact) mass is 430 g/mol. The molecule has 0 unspecified atom stereocenters. The van der Waals surface area contributed by atoms with Crippen molar-refractivity contribution in [2.75, 3.05) is 6.61 Å². The maximum atomic E-state index is 12.4. The van der Waals surface area contributed by atoms with Gasteiger partial charge in [-0.15, -0.1) is 10.2 Å². The number of ether oxygens (including phenoxy) is 1. The van der Waals surface area contributed by atoms with Crippen LogP contribution in [0.15, 0.2) is 52.7 Å². The highest BCUT2D eigenvalue weighted by Crippen LogP contribution is 2.39. The summed E-state index contributed by atoms with van der Waals surface area (Å²) in [5.41, 5.74) is 0.132. The summed E-state index contributed by atoms with van der Waals surface area (Å²) in [5, 5.41) is 29.1. The highest BCUT2D eigenvalue weighted by molar-refractivity contribution is 6.34. The minimum Gasteiger partial charge on any atom is -0.493 e. The highest BCUT2D eigenvalue weighted by Gasteiger charge is 2.20. The maximum absolute atomic E-state index is 12.4. The largest absolute Gasteiger partial charge is 0.493 e. The fourth-order valence-corrected chi connectivity index (χ4v) is 3.06. The molecule has 0 spiro atoms. The molecule has 11 heteroatoms. The summed E-state index contributed by atoms with van der Waals surface area (Å²) in [6.07, 6.45) is 0. The minimum absolute atomic E-state index is 0.0127. The number of benzene rings is 2. The van der Waals surface area contributed by atoms with E-state index in [4.69, 9.17) is 16.3 Å². The van der Waals surface area contributed by atoms with Crippen LogP contribution in [0.2, 0.25) is 5.02 Å². The normalized spacial score (nSPS) is 11.1. The predicted octanol–water partition coefficient (Wildman–Crippen LogP) is 4.40. The number of nitro groups is 1. The number of hydrogen-bond donors (Lipinski definition) is 1. The van der Waals surface area contributed by atoms with Crippen LogP contribution in [0.3, 0.4) is 0 Å². The summed E-state index contributed by atoms with van der Waals surface area (Å²) in [7, 11) is 0. The molecule has 0 atom stereocenters. The second-order valence-electron chi connectivity index (χ2n) is 6.01. The third-order valence-corrected chi connectivity index (χ3v) is 4.46. The van der Waals surface area contributed by atoms with Crippen molar-refractivity contribution in [3.05, 3.63) is 63.2 Å². The van der Waals surface area contributed by atoms with Gasteiger partial charge in [0.25, 0.3) is 11.6 Å². The van der Waals surface area contributed by atoms with E-state index in [1.807, 2.05) is 0 Å². The number of halogens is 1. The van der Waals surface area contributed by atoms with Gasteiger partial charge in [-0.2, -0.15) is 0 Å². The van der Waals surface area contributed by atoms with E-state index in [0.29, 0.717) is 10.9 Å². The SMILES string of the molecule is CCOC(=O)Cn1c(O)c(N=NC(=O)c2ccc([N+](=O)[O-])cc2Cl)c2ccccc21. The third kappa shape index (κ3) is 4.13. The van der Waals surface area contributed by atoms with Crippen molar-refractivity contribution in [1.82, 2.24) is 4.57 Å². The number of esters is 1. The number of carbonyl (C=O) groups excluding carboxylic acids is 2. The zero-order chi connectivity index (χ0) is 21.8. The van der Waals surface area contributed by atoms with Crippen molar-refractivity contribution in [2.24, 2.45) is 10.2 Å². The van der Waals surface area contributed by atoms with E-state index < -0.39 is 16.8 Å². The van der Waals surface area contributed by atoms with Gasteiger partial charge < -0.3 is 9.84 Å². The molecule has 0 aliphatic rings. The molecule has 1 heterocycles. The zero-order valence-corrected chi connectivity index (χ0v) is 16.4. The van der Waals surface area contributed by atoms with E-state index in [0.717, 1.165) is 12.1 Å². The molecule has 1 aromatic heterocycles. The molecule has 0 saturated carbocycles. The molecule has 1 amide bonds. The lowest BCUT2D eigenvalue weighted by molar-refractivity contribution is -0.384. The average molecular weight is 431 g/mol. The number of aromatic hydroxyl groups is 1. The number of azo groups is 1. The van der Waals surface area contributed by atoms with Crippen molar-refractivity contribution in [3.8, 4) is 5.88 Å². The van der Waals surface area contributed by atoms with Crippen LogP contribution in [0, 0.1) is 10.1 Å². The molecule has 3 aromatic rings. The molecule has 0 radical (unpaired) electrons. The molecule has 0 bridgehead atoms. The van der Waals surface area contributed by atoms with E-state index in [9.17, 15) is 24.8 Å². The second kappa shape index (κ2) is 8.70. The van der Waals surface area contributed by atoms with Crippen molar-refractivity contribution in [1.29, 1.82) is 0 Å². The Morgan fingerprint density at radius 3 is 2.67 bits per heavy atom. The number of hydrogen-bond acceptors (Lipinski definition) is 7. The van der Waals surface area contributed by atoms with Gasteiger partial charge in [-0.05, 0) is 19.1 Å². The number of aromatic nitrogens is 1. The summed E-state index contributed by atoms with van der Waals surface area (Å²) in [4.78, 5) is 34.4. The van der Waals surface area contributed by atoms with Crippen LogP contribution in [0.4, 0.5) is 11.4 Å². The van der Waals surface area contributed by atoms with Gasteiger partial charge >= 0.3 is 5.97 Å². The van der Waals surface area contributed by atoms with Crippen LogP contribution < -0.4 is 0 Å².